The van der Waals surface area contributed by atoms with Crippen LogP contribution >= 0.6 is 0 Å². The van der Waals surface area contributed by atoms with E-state index in [0.717, 1.165) is 19.6 Å². The van der Waals surface area contributed by atoms with Crippen molar-refractivity contribution >= 4 is 11.4 Å². The zero-order chi connectivity index (χ0) is 13.5. The number of benzene rings is 1. The third-order valence-electron chi connectivity index (χ3n) is 2.95. The van der Waals surface area contributed by atoms with E-state index in [9.17, 15) is 8.78 Å². The lowest BCUT2D eigenvalue weighted by molar-refractivity contribution is 0.152. The van der Waals surface area contributed by atoms with E-state index in [4.69, 9.17) is 5.73 Å². The smallest absolute Gasteiger partial charge is 0.265 e. The average molecular weight is 257 g/mol. The van der Waals surface area contributed by atoms with E-state index in [1.165, 1.54) is 6.07 Å². The molecule has 0 radical (unpaired) electrons. The molecule has 102 valence electrons. The molecule has 0 saturated heterocycles. The van der Waals surface area contributed by atoms with Crippen LogP contribution in [-0.2, 0) is 0 Å². The molecule has 0 saturated carbocycles. The predicted octanol–water partition coefficient (Wildman–Crippen LogP) is 2.96. The first-order valence-corrected chi connectivity index (χ1v) is 6.22. The molecule has 0 atom stereocenters. The lowest BCUT2D eigenvalue weighted by Gasteiger charge is -2.19. The Morgan fingerprint density at radius 2 is 1.94 bits per heavy atom. The highest BCUT2D eigenvalue weighted by molar-refractivity contribution is 5.58. The SMILES string of the molecule is CCN(CC)CCNc1ccc(N)cc1C(F)F. The maximum absolute atomic E-state index is 12.8. The van der Waals surface area contributed by atoms with Crippen molar-refractivity contribution in [3.63, 3.8) is 0 Å². The number of rotatable bonds is 7. The highest BCUT2D eigenvalue weighted by Crippen LogP contribution is 2.28. The quantitative estimate of drug-likeness (QED) is 0.738. The van der Waals surface area contributed by atoms with Crippen LogP contribution in [0.1, 0.15) is 25.8 Å². The number of nitrogens with two attached hydrogens (primary N) is 1. The van der Waals surface area contributed by atoms with Crippen molar-refractivity contribution in [2.24, 2.45) is 0 Å². The summed E-state index contributed by atoms with van der Waals surface area (Å²) in [6.45, 7) is 7.56. The van der Waals surface area contributed by atoms with Gasteiger partial charge in [0.15, 0.2) is 0 Å². The lowest BCUT2D eigenvalue weighted by Crippen LogP contribution is -2.28. The Labute approximate surface area is 107 Å². The van der Waals surface area contributed by atoms with Crippen LogP contribution in [0.4, 0.5) is 20.2 Å². The van der Waals surface area contributed by atoms with Crippen LogP contribution in [0.25, 0.3) is 0 Å². The Bertz CT molecular complexity index is 365. The van der Waals surface area contributed by atoms with Gasteiger partial charge in [0.05, 0.1) is 0 Å². The summed E-state index contributed by atoms with van der Waals surface area (Å²) in [6, 6.07) is 4.56. The monoisotopic (exact) mass is 257 g/mol. The van der Waals surface area contributed by atoms with E-state index in [1.807, 2.05) is 0 Å². The van der Waals surface area contributed by atoms with Gasteiger partial charge >= 0.3 is 0 Å². The molecule has 0 aliphatic carbocycles. The molecule has 0 fully saturated rings. The summed E-state index contributed by atoms with van der Waals surface area (Å²) in [6.07, 6.45) is -2.51. The summed E-state index contributed by atoms with van der Waals surface area (Å²) in [5.74, 6) is 0. The molecule has 1 aromatic rings. The van der Waals surface area contributed by atoms with Gasteiger partial charge in [-0.1, -0.05) is 13.8 Å². The highest BCUT2D eigenvalue weighted by Gasteiger charge is 2.13. The fourth-order valence-electron chi connectivity index (χ4n) is 1.81. The summed E-state index contributed by atoms with van der Waals surface area (Å²) < 4.78 is 25.6. The van der Waals surface area contributed by atoms with Crippen LogP contribution in [0.5, 0.6) is 0 Å². The largest absolute Gasteiger partial charge is 0.399 e. The predicted molar refractivity (Wildman–Crippen MR) is 72.1 cm³/mol. The molecule has 0 aliphatic heterocycles. The molecule has 1 aromatic carbocycles. The van der Waals surface area contributed by atoms with Crippen LogP contribution in [0.3, 0.4) is 0 Å². The summed E-state index contributed by atoms with van der Waals surface area (Å²) in [5, 5.41) is 3.04. The first-order chi connectivity index (χ1) is 8.58. The number of anilines is 2. The van der Waals surface area contributed by atoms with E-state index in [0.29, 0.717) is 17.9 Å². The van der Waals surface area contributed by atoms with Gasteiger partial charge < -0.3 is 16.0 Å². The van der Waals surface area contributed by atoms with Gasteiger partial charge in [0.25, 0.3) is 6.43 Å². The first-order valence-electron chi connectivity index (χ1n) is 6.22. The van der Waals surface area contributed by atoms with Gasteiger partial charge in [-0.05, 0) is 31.3 Å². The Morgan fingerprint density at radius 1 is 1.28 bits per heavy atom. The summed E-state index contributed by atoms with van der Waals surface area (Å²) in [4.78, 5) is 2.23. The molecule has 0 bridgehead atoms. The highest BCUT2D eigenvalue weighted by atomic mass is 19.3. The molecular weight excluding hydrogens is 236 g/mol. The number of likely N-dealkylation sites (N-methyl/N-ethyl adjacent to an activating group) is 1. The Hall–Kier alpha value is -1.36. The van der Waals surface area contributed by atoms with Gasteiger partial charge in [-0.3, -0.25) is 0 Å². The molecule has 0 aromatic heterocycles. The normalized spacial score (nSPS) is 11.2. The Kier molecular flexibility index (Phi) is 5.85. The third kappa shape index (κ3) is 4.14. The van der Waals surface area contributed by atoms with Crippen LogP contribution in [0.2, 0.25) is 0 Å². The molecule has 18 heavy (non-hydrogen) atoms. The van der Waals surface area contributed by atoms with Gasteiger partial charge in [-0.15, -0.1) is 0 Å². The van der Waals surface area contributed by atoms with Crippen molar-refractivity contribution in [2.75, 3.05) is 37.2 Å². The number of alkyl halides is 2. The molecular formula is C13H21F2N3. The third-order valence-corrected chi connectivity index (χ3v) is 2.95. The number of nitrogen functional groups attached to an aromatic ring is 1. The second-order valence-corrected chi connectivity index (χ2v) is 4.10. The van der Waals surface area contributed by atoms with E-state index in [2.05, 4.69) is 24.1 Å². The maximum Gasteiger partial charge on any atom is 0.265 e. The molecule has 3 N–H and O–H groups in total. The minimum Gasteiger partial charge on any atom is -0.399 e. The number of nitrogens with one attached hydrogen (secondary N) is 1. The average Bonchev–Trinajstić information content (AvgIpc) is 2.36. The zero-order valence-corrected chi connectivity index (χ0v) is 10.9. The topological polar surface area (TPSA) is 41.3 Å². The van der Waals surface area contributed by atoms with Crippen LogP contribution in [0, 0.1) is 0 Å². The first kappa shape index (κ1) is 14.7. The maximum atomic E-state index is 12.8. The van der Waals surface area contributed by atoms with Gasteiger partial charge in [-0.25, -0.2) is 8.78 Å². The second-order valence-electron chi connectivity index (χ2n) is 4.10. The van der Waals surface area contributed by atoms with Crippen molar-refractivity contribution in [2.45, 2.75) is 20.3 Å². The van der Waals surface area contributed by atoms with Crippen molar-refractivity contribution in [1.29, 1.82) is 0 Å². The van der Waals surface area contributed by atoms with E-state index < -0.39 is 6.43 Å². The van der Waals surface area contributed by atoms with E-state index >= 15 is 0 Å². The van der Waals surface area contributed by atoms with Crippen molar-refractivity contribution in [1.82, 2.24) is 4.90 Å². The lowest BCUT2D eigenvalue weighted by atomic mass is 10.1. The number of hydrogen-bond donors (Lipinski definition) is 2. The van der Waals surface area contributed by atoms with Crippen molar-refractivity contribution < 1.29 is 8.78 Å². The number of nitrogens with zero attached hydrogens (tertiary/aromatic N) is 1. The van der Waals surface area contributed by atoms with Gasteiger partial charge in [0, 0.05) is 30.0 Å². The molecule has 0 unspecified atom stereocenters. The Balaban J connectivity index is 2.61. The Morgan fingerprint density at radius 3 is 2.50 bits per heavy atom. The molecule has 0 heterocycles. The molecule has 0 spiro atoms. The van der Waals surface area contributed by atoms with E-state index in [-0.39, 0.29) is 5.56 Å². The second kappa shape index (κ2) is 7.16. The van der Waals surface area contributed by atoms with Gasteiger partial charge in [0.2, 0.25) is 0 Å². The van der Waals surface area contributed by atoms with Crippen molar-refractivity contribution in [3.8, 4) is 0 Å². The molecule has 0 aliphatic rings. The van der Waals surface area contributed by atoms with Crippen molar-refractivity contribution in [3.05, 3.63) is 23.8 Å². The molecule has 3 nitrogen and oxygen atoms in total. The summed E-state index contributed by atoms with van der Waals surface area (Å²) >= 11 is 0. The van der Waals surface area contributed by atoms with Crippen LogP contribution < -0.4 is 11.1 Å². The summed E-state index contributed by atoms with van der Waals surface area (Å²) in [5.41, 5.74) is 6.31. The van der Waals surface area contributed by atoms with E-state index in [1.54, 1.807) is 12.1 Å². The number of halogens is 2. The van der Waals surface area contributed by atoms with Gasteiger partial charge in [0.1, 0.15) is 0 Å². The molecule has 0 amide bonds. The fourth-order valence-corrected chi connectivity index (χ4v) is 1.81. The molecule has 5 heteroatoms. The minimum absolute atomic E-state index is 0.0328. The van der Waals surface area contributed by atoms with Crippen LogP contribution in [-0.4, -0.2) is 31.1 Å². The number of hydrogen-bond acceptors (Lipinski definition) is 3. The minimum atomic E-state index is -2.51. The molecule has 1 rings (SSSR count). The van der Waals surface area contributed by atoms with Crippen LogP contribution in [0.15, 0.2) is 18.2 Å². The summed E-state index contributed by atoms with van der Waals surface area (Å²) in [7, 11) is 0. The van der Waals surface area contributed by atoms with Gasteiger partial charge in [-0.2, -0.15) is 0 Å². The fraction of sp³-hybridized carbons (Fsp3) is 0.538. The standard InChI is InChI=1S/C13H21F2N3/c1-3-18(4-2)8-7-17-12-6-5-10(16)9-11(12)13(14)15/h5-6,9,13,17H,3-4,7-8,16H2,1-2H3. The zero-order valence-electron chi connectivity index (χ0n) is 10.9.